The molecule has 5 fully saturated rings. The molecule has 7 heterocycles. The molecule has 1 aromatic carbocycles. The quantitative estimate of drug-likeness (QED) is 0.266. The molecule has 5 aliphatic rings. The van der Waals surface area contributed by atoms with Gasteiger partial charge >= 0.3 is 6.09 Å². The number of carbonyl (C=O) groups excluding carboxylic acids is 1. The van der Waals surface area contributed by atoms with E-state index in [-0.39, 0.29) is 24.4 Å². The summed E-state index contributed by atoms with van der Waals surface area (Å²) in [6.45, 7) is 7.98. The molecule has 9 rings (SSSR count). The van der Waals surface area contributed by atoms with E-state index in [1.807, 2.05) is 68.3 Å². The summed E-state index contributed by atoms with van der Waals surface area (Å²) >= 11 is 0. The molecule has 11 heteroatoms. The Bertz CT molecular complexity index is 1710. The number of pyridine rings is 1. The van der Waals surface area contributed by atoms with Crippen LogP contribution in [-0.2, 0) is 9.47 Å². The molecular weight excluding hydrogens is 568 g/mol. The Kier molecular flexibility index (Phi) is 6.89. The minimum absolute atomic E-state index is 0.00150. The Morgan fingerprint density at radius 1 is 1.02 bits per heavy atom. The average molecular weight is 609 g/mol. The van der Waals surface area contributed by atoms with Gasteiger partial charge in [0.05, 0.1) is 17.6 Å². The van der Waals surface area contributed by atoms with Gasteiger partial charge in [-0.1, -0.05) is 12.1 Å². The van der Waals surface area contributed by atoms with Crippen LogP contribution in [-0.4, -0.2) is 73.1 Å². The zero-order valence-electron chi connectivity index (χ0n) is 26.1. The Morgan fingerprint density at radius 3 is 2.56 bits per heavy atom. The molecule has 0 radical (unpaired) electrons. The maximum atomic E-state index is 12.7. The summed E-state index contributed by atoms with van der Waals surface area (Å²) < 4.78 is 13.8. The Hall–Kier alpha value is -4.25. The summed E-state index contributed by atoms with van der Waals surface area (Å²) in [5, 5.41) is 9.44. The normalized spacial score (nSPS) is 23.1. The van der Waals surface area contributed by atoms with Crippen LogP contribution in [0, 0.1) is 0 Å². The first-order valence-corrected chi connectivity index (χ1v) is 16.3. The second-order valence-corrected chi connectivity index (χ2v) is 13.8. The van der Waals surface area contributed by atoms with Crippen molar-refractivity contribution < 1.29 is 14.3 Å². The number of ether oxygens (including phenoxy) is 2. The van der Waals surface area contributed by atoms with Gasteiger partial charge in [-0.25, -0.2) is 24.4 Å². The number of nitrogens with one attached hydrogen (secondary N) is 1. The van der Waals surface area contributed by atoms with Crippen molar-refractivity contribution in [3.63, 3.8) is 0 Å². The van der Waals surface area contributed by atoms with Crippen molar-refractivity contribution in [2.45, 2.75) is 89.1 Å². The highest BCUT2D eigenvalue weighted by Crippen LogP contribution is 2.43. The molecule has 4 aliphatic heterocycles. The van der Waals surface area contributed by atoms with E-state index in [4.69, 9.17) is 29.5 Å². The van der Waals surface area contributed by atoms with Crippen molar-refractivity contribution in [3.05, 3.63) is 54.4 Å². The third-order valence-corrected chi connectivity index (χ3v) is 9.17. The number of fused-ring (bicyclic) bond motifs is 3. The lowest BCUT2D eigenvalue weighted by molar-refractivity contribution is -0.0409. The molecule has 1 saturated carbocycles. The van der Waals surface area contributed by atoms with Crippen LogP contribution in [0.5, 0.6) is 0 Å². The highest BCUT2D eigenvalue weighted by Gasteiger charge is 2.49. The van der Waals surface area contributed by atoms with Gasteiger partial charge in [-0.3, -0.25) is 4.90 Å². The van der Waals surface area contributed by atoms with Crippen LogP contribution in [0.1, 0.15) is 77.1 Å². The second kappa shape index (κ2) is 11.0. The van der Waals surface area contributed by atoms with Gasteiger partial charge in [-0.15, -0.1) is 0 Å². The Morgan fingerprint density at radius 2 is 1.84 bits per heavy atom. The van der Waals surface area contributed by atoms with E-state index in [2.05, 4.69) is 21.0 Å². The Labute approximate surface area is 262 Å². The maximum Gasteiger partial charge on any atom is 0.410 e. The summed E-state index contributed by atoms with van der Waals surface area (Å²) in [4.78, 5) is 31.5. The molecule has 4 aromatic rings. The second-order valence-electron chi connectivity index (χ2n) is 13.8. The molecule has 4 saturated heterocycles. The topological polar surface area (TPSA) is 111 Å². The summed E-state index contributed by atoms with van der Waals surface area (Å²) in [6, 6.07) is 14.5. The van der Waals surface area contributed by atoms with Gasteiger partial charge in [0.2, 0.25) is 0 Å². The lowest BCUT2D eigenvalue weighted by atomic mass is 9.88. The lowest BCUT2D eigenvalue weighted by Gasteiger charge is -2.56. The smallest absolute Gasteiger partial charge is 0.410 e. The first-order valence-electron chi connectivity index (χ1n) is 16.3. The number of amides is 1. The number of hydrogen-bond donors (Lipinski definition) is 1. The van der Waals surface area contributed by atoms with Gasteiger partial charge in [0.25, 0.3) is 0 Å². The van der Waals surface area contributed by atoms with Crippen LogP contribution in [0.2, 0.25) is 0 Å². The highest BCUT2D eigenvalue weighted by atomic mass is 16.6. The van der Waals surface area contributed by atoms with Crippen molar-refractivity contribution in [1.82, 2.24) is 29.6 Å². The number of carbonyl (C=O) groups is 1. The lowest BCUT2D eigenvalue weighted by Crippen LogP contribution is -2.70. The van der Waals surface area contributed by atoms with Crippen molar-refractivity contribution >= 4 is 34.4 Å². The van der Waals surface area contributed by atoms with Crippen LogP contribution < -0.4 is 10.2 Å². The molecule has 1 amide bonds. The van der Waals surface area contributed by atoms with Crippen LogP contribution in [0.15, 0.2) is 48.7 Å². The van der Waals surface area contributed by atoms with E-state index >= 15 is 0 Å². The number of nitrogens with zero attached hydrogens (tertiary/aromatic N) is 7. The first-order chi connectivity index (χ1) is 21.8. The van der Waals surface area contributed by atoms with E-state index < -0.39 is 5.60 Å². The van der Waals surface area contributed by atoms with Gasteiger partial charge in [0.1, 0.15) is 17.2 Å². The van der Waals surface area contributed by atoms with Crippen molar-refractivity contribution in [1.29, 1.82) is 0 Å². The fourth-order valence-electron chi connectivity index (χ4n) is 6.84. The number of aromatic nitrogens is 5. The van der Waals surface area contributed by atoms with Crippen LogP contribution in [0.25, 0.3) is 22.3 Å². The summed E-state index contributed by atoms with van der Waals surface area (Å²) in [5.41, 5.74) is 2.44. The minimum Gasteiger partial charge on any atom is -0.444 e. The molecule has 3 atom stereocenters. The predicted octanol–water partition coefficient (Wildman–Crippen LogP) is 6.41. The van der Waals surface area contributed by atoms with Crippen molar-refractivity contribution in [2.75, 3.05) is 29.9 Å². The number of piperidine rings is 1. The molecule has 234 valence electrons. The number of anilines is 3. The van der Waals surface area contributed by atoms with Gasteiger partial charge in [-0.2, -0.15) is 5.10 Å². The molecular formula is C34H40N8O3. The molecule has 0 spiro atoms. The predicted molar refractivity (Wildman–Crippen MR) is 172 cm³/mol. The third-order valence-electron chi connectivity index (χ3n) is 9.17. The number of benzene rings is 1. The molecule has 11 nitrogen and oxygen atoms in total. The van der Waals surface area contributed by atoms with E-state index in [0.29, 0.717) is 11.7 Å². The summed E-state index contributed by atoms with van der Waals surface area (Å²) in [7, 11) is 0. The van der Waals surface area contributed by atoms with E-state index in [1.165, 1.54) is 18.5 Å². The molecule has 1 aliphatic carbocycles. The van der Waals surface area contributed by atoms with E-state index in [1.54, 1.807) is 0 Å². The molecule has 2 bridgehead atoms. The zero-order chi connectivity index (χ0) is 30.7. The Balaban J connectivity index is 1.03. The largest absolute Gasteiger partial charge is 0.444 e. The standard InChI is InChI=1S/C34H40N8O3/c1-34(2,3)45-33(43)41-23-16-24(41)20-40(19-23)29-14-13-22(18-35-29)31-36-26-9-5-4-8-25(26)32(38-31)37-28-17-27(21-11-12-21)42(39-28)30-10-6-7-15-44-30/h4-5,8-9,13-14,17-18,21,23-24,30H,6-7,10-12,15-16,19-20H2,1-3H3,(H,36,37,38,39). The monoisotopic (exact) mass is 608 g/mol. The summed E-state index contributed by atoms with van der Waals surface area (Å²) in [5.74, 6) is 3.53. The number of hydrogen-bond acceptors (Lipinski definition) is 9. The SMILES string of the molecule is CC(C)(C)OC(=O)N1C2CC1CN(c1ccc(-c3nc(Nc4cc(C5CC5)n(C5CCCCO5)n4)c4ccccc4n3)cn1)C2. The van der Waals surface area contributed by atoms with E-state index in [0.717, 1.165) is 79.3 Å². The molecule has 3 aromatic heterocycles. The average Bonchev–Trinajstić information content (AvgIpc) is 3.80. The molecule has 45 heavy (non-hydrogen) atoms. The molecule has 3 unspecified atom stereocenters. The number of para-hydroxylation sites is 1. The van der Waals surface area contributed by atoms with Gasteiger partial charge in [-0.05, 0) is 83.6 Å². The van der Waals surface area contributed by atoms with E-state index in [9.17, 15) is 4.79 Å². The zero-order valence-corrected chi connectivity index (χ0v) is 26.1. The maximum absolute atomic E-state index is 12.7. The van der Waals surface area contributed by atoms with Gasteiger partial charge in [0, 0.05) is 54.5 Å². The van der Waals surface area contributed by atoms with Gasteiger partial charge in [0.15, 0.2) is 17.9 Å². The third kappa shape index (κ3) is 5.58. The summed E-state index contributed by atoms with van der Waals surface area (Å²) in [6.07, 6.45) is 8.28. The van der Waals surface area contributed by atoms with Crippen LogP contribution in [0.4, 0.5) is 22.2 Å². The van der Waals surface area contributed by atoms with Crippen molar-refractivity contribution in [3.8, 4) is 11.4 Å². The number of rotatable bonds is 6. The fraction of sp³-hybridized carbons (Fsp3) is 0.500. The number of piperazine rings is 1. The van der Waals surface area contributed by atoms with Crippen molar-refractivity contribution in [2.24, 2.45) is 0 Å². The first kappa shape index (κ1) is 28.2. The molecule has 1 N–H and O–H groups in total. The van der Waals surface area contributed by atoms with Gasteiger partial charge < -0.3 is 19.7 Å². The highest BCUT2D eigenvalue weighted by molar-refractivity contribution is 5.92. The van der Waals surface area contributed by atoms with Crippen LogP contribution in [0.3, 0.4) is 0 Å². The fourth-order valence-corrected chi connectivity index (χ4v) is 6.84. The minimum atomic E-state index is -0.497. The van der Waals surface area contributed by atoms with Crippen LogP contribution >= 0.6 is 0 Å².